The van der Waals surface area contributed by atoms with Gasteiger partial charge >= 0.3 is 0 Å². The second-order valence-electron chi connectivity index (χ2n) is 4.48. The zero-order valence-corrected chi connectivity index (χ0v) is 13.8. The summed E-state index contributed by atoms with van der Waals surface area (Å²) in [4.78, 5) is 1.13. The lowest BCUT2D eigenvalue weighted by molar-refractivity contribution is 0.578. The highest BCUT2D eigenvalue weighted by atomic mass is 35.5. The second kappa shape index (κ2) is 6.41. The molecule has 1 heterocycles. The monoisotopic (exact) mass is 332 g/mol. The number of sulfonamides is 1. The number of hydrogen-bond acceptors (Lipinski definition) is 4. The molecule has 1 aromatic carbocycles. The Bertz CT molecular complexity index is 710. The fourth-order valence-electron chi connectivity index (χ4n) is 2.05. The number of nitrogens with one attached hydrogen (secondary N) is 2. The zero-order valence-electron chi connectivity index (χ0n) is 11.4. The predicted molar refractivity (Wildman–Crippen MR) is 85.3 cm³/mol. The van der Waals surface area contributed by atoms with Gasteiger partial charge in [-0.15, -0.1) is 11.3 Å². The van der Waals surface area contributed by atoms with Crippen LogP contribution in [0.4, 0.5) is 0 Å². The van der Waals surface area contributed by atoms with Crippen molar-refractivity contribution in [2.75, 3.05) is 20.1 Å². The van der Waals surface area contributed by atoms with E-state index in [0.29, 0.717) is 21.8 Å². The number of hydrogen-bond donors (Lipinski definition) is 2. The average Bonchev–Trinajstić information content (AvgIpc) is 2.70. The molecule has 20 heavy (non-hydrogen) atoms. The van der Waals surface area contributed by atoms with E-state index in [1.807, 2.05) is 20.0 Å². The van der Waals surface area contributed by atoms with Crippen LogP contribution in [0.1, 0.15) is 11.3 Å². The Morgan fingerprint density at radius 2 is 2.05 bits per heavy atom. The highest BCUT2D eigenvalue weighted by Crippen LogP contribution is 2.35. The first-order valence-corrected chi connectivity index (χ1v) is 8.96. The molecule has 0 aliphatic rings. The quantitative estimate of drug-likeness (QED) is 0.800. The van der Waals surface area contributed by atoms with Crippen molar-refractivity contribution in [1.82, 2.24) is 10.0 Å². The molecule has 1 aromatic heterocycles. The first-order valence-electron chi connectivity index (χ1n) is 6.28. The van der Waals surface area contributed by atoms with Crippen LogP contribution in [0.15, 0.2) is 23.1 Å². The summed E-state index contributed by atoms with van der Waals surface area (Å²) in [6, 6.07) is 5.34. The zero-order chi connectivity index (χ0) is 14.8. The largest absolute Gasteiger partial charge is 0.320 e. The van der Waals surface area contributed by atoms with Gasteiger partial charge in [-0.25, -0.2) is 13.1 Å². The lowest BCUT2D eigenvalue weighted by Crippen LogP contribution is -2.27. The van der Waals surface area contributed by atoms with Gasteiger partial charge < -0.3 is 5.32 Å². The molecule has 0 atom stereocenters. The molecular formula is C13H17ClN2O2S2. The van der Waals surface area contributed by atoms with E-state index in [0.717, 1.165) is 22.5 Å². The van der Waals surface area contributed by atoms with E-state index >= 15 is 0 Å². The maximum Gasteiger partial charge on any atom is 0.242 e. The lowest BCUT2D eigenvalue weighted by Gasteiger charge is -2.07. The Balaban J connectivity index is 2.35. The first kappa shape index (κ1) is 15.7. The third-order valence-electron chi connectivity index (χ3n) is 2.93. The van der Waals surface area contributed by atoms with Crippen LogP contribution >= 0.6 is 22.9 Å². The minimum absolute atomic E-state index is 0.351. The predicted octanol–water partition coefficient (Wildman–Crippen LogP) is 2.75. The van der Waals surface area contributed by atoms with Crippen LogP contribution < -0.4 is 10.0 Å². The van der Waals surface area contributed by atoms with Gasteiger partial charge in [0.1, 0.15) is 4.90 Å². The molecule has 2 N–H and O–H groups in total. The first-order chi connectivity index (χ1) is 9.45. The molecule has 0 aliphatic carbocycles. The highest BCUT2D eigenvalue weighted by Gasteiger charge is 2.22. The number of aryl methyl sites for hydroxylation is 1. The molecule has 2 rings (SSSR count). The van der Waals surface area contributed by atoms with Crippen LogP contribution in [0.25, 0.3) is 10.1 Å². The minimum Gasteiger partial charge on any atom is -0.320 e. The van der Waals surface area contributed by atoms with Crippen LogP contribution in [-0.4, -0.2) is 28.6 Å². The topological polar surface area (TPSA) is 58.2 Å². The molecule has 0 unspecified atom stereocenters. The van der Waals surface area contributed by atoms with Crippen molar-refractivity contribution in [3.63, 3.8) is 0 Å². The SMILES string of the molecule is CNCCCNS(=O)(=O)c1c(C)sc2ccc(Cl)cc12. The number of halogens is 1. The Kier molecular flexibility index (Phi) is 5.04. The van der Waals surface area contributed by atoms with Gasteiger partial charge in [0, 0.05) is 26.5 Å². The van der Waals surface area contributed by atoms with E-state index in [2.05, 4.69) is 10.0 Å². The number of benzene rings is 1. The molecule has 4 nitrogen and oxygen atoms in total. The average molecular weight is 333 g/mol. The van der Waals surface area contributed by atoms with Gasteiger partial charge in [0.15, 0.2) is 0 Å². The van der Waals surface area contributed by atoms with Crippen LogP contribution in [0.3, 0.4) is 0 Å². The molecule has 0 aliphatic heterocycles. The lowest BCUT2D eigenvalue weighted by atomic mass is 10.2. The van der Waals surface area contributed by atoms with Gasteiger partial charge in [0.05, 0.1) is 0 Å². The van der Waals surface area contributed by atoms with Crippen LogP contribution in [-0.2, 0) is 10.0 Å². The Morgan fingerprint density at radius 3 is 2.75 bits per heavy atom. The molecule has 0 bridgehead atoms. The van der Waals surface area contributed by atoms with E-state index < -0.39 is 10.0 Å². The molecule has 7 heteroatoms. The van der Waals surface area contributed by atoms with Crippen molar-refractivity contribution in [3.8, 4) is 0 Å². The van der Waals surface area contributed by atoms with Crippen molar-refractivity contribution >= 4 is 43.0 Å². The van der Waals surface area contributed by atoms with E-state index in [1.54, 1.807) is 12.1 Å². The molecule has 0 amide bonds. The maximum atomic E-state index is 12.4. The molecule has 0 spiro atoms. The van der Waals surface area contributed by atoms with Gasteiger partial charge in [0.2, 0.25) is 10.0 Å². The van der Waals surface area contributed by atoms with Gasteiger partial charge in [-0.1, -0.05) is 11.6 Å². The molecule has 0 saturated heterocycles. The summed E-state index contributed by atoms with van der Waals surface area (Å²) >= 11 is 7.44. The molecule has 0 saturated carbocycles. The maximum absolute atomic E-state index is 12.4. The van der Waals surface area contributed by atoms with Crippen LogP contribution in [0, 0.1) is 6.92 Å². The molecule has 2 aromatic rings. The van der Waals surface area contributed by atoms with Crippen LogP contribution in [0.5, 0.6) is 0 Å². The van der Waals surface area contributed by atoms with Gasteiger partial charge in [-0.3, -0.25) is 0 Å². The van der Waals surface area contributed by atoms with Gasteiger partial charge in [-0.05, 0) is 45.1 Å². The summed E-state index contributed by atoms with van der Waals surface area (Å²) in [5.41, 5.74) is 0. The van der Waals surface area contributed by atoms with Crippen molar-refractivity contribution < 1.29 is 8.42 Å². The summed E-state index contributed by atoms with van der Waals surface area (Å²) in [6.45, 7) is 3.01. The van der Waals surface area contributed by atoms with E-state index in [-0.39, 0.29) is 0 Å². The normalized spacial score (nSPS) is 12.2. The van der Waals surface area contributed by atoms with Gasteiger partial charge in [0.25, 0.3) is 0 Å². The van der Waals surface area contributed by atoms with Crippen molar-refractivity contribution in [2.24, 2.45) is 0 Å². The summed E-state index contributed by atoms with van der Waals surface area (Å²) in [7, 11) is -1.66. The van der Waals surface area contributed by atoms with Crippen molar-refractivity contribution in [1.29, 1.82) is 0 Å². The Hall–Kier alpha value is -0.660. The number of rotatable bonds is 6. The minimum atomic E-state index is -3.50. The fraction of sp³-hybridized carbons (Fsp3) is 0.385. The molecule has 0 radical (unpaired) electrons. The Morgan fingerprint density at radius 1 is 1.30 bits per heavy atom. The summed E-state index contributed by atoms with van der Waals surface area (Å²) < 4.78 is 28.4. The third kappa shape index (κ3) is 3.32. The highest BCUT2D eigenvalue weighted by molar-refractivity contribution is 7.90. The van der Waals surface area contributed by atoms with E-state index in [1.165, 1.54) is 11.3 Å². The van der Waals surface area contributed by atoms with Crippen LogP contribution in [0.2, 0.25) is 5.02 Å². The van der Waals surface area contributed by atoms with Gasteiger partial charge in [-0.2, -0.15) is 0 Å². The number of fused-ring (bicyclic) bond motifs is 1. The van der Waals surface area contributed by atoms with Crippen molar-refractivity contribution in [2.45, 2.75) is 18.2 Å². The summed E-state index contributed by atoms with van der Waals surface area (Å²) in [5, 5.41) is 4.23. The Labute approximate surface area is 128 Å². The summed E-state index contributed by atoms with van der Waals surface area (Å²) in [5.74, 6) is 0. The van der Waals surface area contributed by atoms with E-state index in [4.69, 9.17) is 11.6 Å². The third-order valence-corrected chi connectivity index (χ3v) is 6.03. The molecule has 0 fully saturated rings. The fourth-order valence-corrected chi connectivity index (χ4v) is 5.07. The van der Waals surface area contributed by atoms with Crippen molar-refractivity contribution in [3.05, 3.63) is 28.1 Å². The second-order valence-corrected chi connectivity index (χ2v) is 7.88. The smallest absolute Gasteiger partial charge is 0.242 e. The molecular weight excluding hydrogens is 316 g/mol. The summed E-state index contributed by atoms with van der Waals surface area (Å²) in [6.07, 6.45) is 0.748. The number of thiophene rings is 1. The molecule has 110 valence electrons. The standard InChI is InChI=1S/C13H17ClN2O2S2/c1-9-13(20(17,18)16-7-3-6-15-2)11-8-10(14)4-5-12(11)19-9/h4-5,8,15-16H,3,6-7H2,1-2H3. The van der Waals surface area contributed by atoms with E-state index in [9.17, 15) is 8.42 Å².